The zero-order valence-electron chi connectivity index (χ0n) is 11.9. The number of nitrogens with zero attached hydrogens (tertiary/aromatic N) is 1. The van der Waals surface area contributed by atoms with Gasteiger partial charge in [-0.25, -0.2) is 0 Å². The van der Waals surface area contributed by atoms with Gasteiger partial charge >= 0.3 is 0 Å². The SMILES string of the molecule is CCn1c(=O)c(Cc2ccccc2)c(O)c2ccccc21. The highest BCUT2D eigenvalue weighted by atomic mass is 16.3. The lowest BCUT2D eigenvalue weighted by atomic mass is 10.0. The number of aryl methyl sites for hydroxylation is 1. The van der Waals surface area contributed by atoms with E-state index in [0.29, 0.717) is 18.5 Å². The Kier molecular flexibility index (Phi) is 3.48. The molecule has 3 aromatic rings. The third-order valence-electron chi connectivity index (χ3n) is 3.78. The number of hydrogen-bond donors (Lipinski definition) is 1. The van der Waals surface area contributed by atoms with Gasteiger partial charge in [-0.2, -0.15) is 0 Å². The highest BCUT2D eigenvalue weighted by Crippen LogP contribution is 2.27. The molecule has 1 N–H and O–H groups in total. The minimum atomic E-state index is -0.113. The number of para-hydroxylation sites is 1. The minimum Gasteiger partial charge on any atom is -0.507 e. The molecule has 21 heavy (non-hydrogen) atoms. The monoisotopic (exact) mass is 279 g/mol. The van der Waals surface area contributed by atoms with E-state index in [1.54, 1.807) is 4.57 Å². The topological polar surface area (TPSA) is 42.2 Å². The molecule has 0 spiro atoms. The Balaban J connectivity index is 2.25. The van der Waals surface area contributed by atoms with Crippen molar-refractivity contribution in [2.45, 2.75) is 19.9 Å². The molecule has 3 rings (SSSR count). The summed E-state index contributed by atoms with van der Waals surface area (Å²) in [5.74, 6) is 0.101. The van der Waals surface area contributed by atoms with Crippen LogP contribution in [0, 0.1) is 0 Å². The van der Waals surface area contributed by atoms with Crippen LogP contribution in [0.2, 0.25) is 0 Å². The maximum absolute atomic E-state index is 12.6. The smallest absolute Gasteiger partial charge is 0.258 e. The Bertz CT molecular complexity index is 835. The third-order valence-corrected chi connectivity index (χ3v) is 3.78. The molecule has 3 heteroatoms. The number of benzene rings is 2. The lowest BCUT2D eigenvalue weighted by Gasteiger charge is -2.13. The molecular weight excluding hydrogens is 262 g/mol. The van der Waals surface area contributed by atoms with Crippen molar-refractivity contribution in [2.75, 3.05) is 0 Å². The van der Waals surface area contributed by atoms with Gasteiger partial charge < -0.3 is 9.67 Å². The quantitative estimate of drug-likeness (QED) is 0.799. The molecule has 0 fully saturated rings. The van der Waals surface area contributed by atoms with E-state index in [1.165, 1.54) is 0 Å². The van der Waals surface area contributed by atoms with Crippen LogP contribution in [0.25, 0.3) is 10.9 Å². The van der Waals surface area contributed by atoms with Crippen molar-refractivity contribution in [2.24, 2.45) is 0 Å². The Hall–Kier alpha value is -2.55. The highest BCUT2D eigenvalue weighted by Gasteiger charge is 2.15. The fourth-order valence-corrected chi connectivity index (χ4v) is 2.72. The predicted octanol–water partition coefficient (Wildman–Crippen LogP) is 3.32. The first kappa shape index (κ1) is 13.4. The third kappa shape index (κ3) is 2.31. The average Bonchev–Trinajstić information content (AvgIpc) is 2.53. The molecule has 2 aromatic carbocycles. The molecule has 0 amide bonds. The number of aromatic hydroxyl groups is 1. The van der Waals surface area contributed by atoms with Crippen molar-refractivity contribution in [1.82, 2.24) is 4.57 Å². The molecule has 3 nitrogen and oxygen atoms in total. The van der Waals surface area contributed by atoms with Crippen molar-refractivity contribution in [1.29, 1.82) is 0 Å². The van der Waals surface area contributed by atoms with E-state index >= 15 is 0 Å². The van der Waals surface area contributed by atoms with Crippen LogP contribution in [-0.2, 0) is 13.0 Å². The van der Waals surface area contributed by atoms with Crippen LogP contribution in [-0.4, -0.2) is 9.67 Å². The fourth-order valence-electron chi connectivity index (χ4n) is 2.72. The van der Waals surface area contributed by atoms with Crippen LogP contribution < -0.4 is 5.56 Å². The second-order valence-electron chi connectivity index (χ2n) is 5.06. The van der Waals surface area contributed by atoms with E-state index in [4.69, 9.17) is 0 Å². The van der Waals surface area contributed by atoms with E-state index in [1.807, 2.05) is 61.5 Å². The van der Waals surface area contributed by atoms with Gasteiger partial charge in [0.1, 0.15) is 5.75 Å². The fraction of sp³-hybridized carbons (Fsp3) is 0.167. The van der Waals surface area contributed by atoms with Gasteiger partial charge in [0, 0.05) is 18.4 Å². The van der Waals surface area contributed by atoms with E-state index in [9.17, 15) is 9.90 Å². The zero-order valence-corrected chi connectivity index (χ0v) is 11.9. The molecule has 0 unspecified atom stereocenters. The first-order valence-electron chi connectivity index (χ1n) is 7.09. The first-order chi connectivity index (χ1) is 10.2. The summed E-state index contributed by atoms with van der Waals surface area (Å²) >= 11 is 0. The van der Waals surface area contributed by atoms with Gasteiger partial charge in [0.15, 0.2) is 0 Å². The van der Waals surface area contributed by atoms with E-state index in [2.05, 4.69) is 0 Å². The van der Waals surface area contributed by atoms with Gasteiger partial charge in [0.2, 0.25) is 0 Å². The summed E-state index contributed by atoms with van der Waals surface area (Å²) in [7, 11) is 0. The Morgan fingerprint density at radius 1 is 1.00 bits per heavy atom. The highest BCUT2D eigenvalue weighted by molar-refractivity contribution is 5.86. The molecule has 0 atom stereocenters. The summed E-state index contributed by atoms with van der Waals surface area (Å²) in [6, 6.07) is 17.2. The Morgan fingerprint density at radius 3 is 2.38 bits per heavy atom. The normalized spacial score (nSPS) is 10.9. The average molecular weight is 279 g/mol. The van der Waals surface area contributed by atoms with Crippen molar-refractivity contribution in [3.63, 3.8) is 0 Å². The second kappa shape index (κ2) is 5.44. The number of hydrogen-bond acceptors (Lipinski definition) is 2. The summed E-state index contributed by atoms with van der Waals surface area (Å²) in [5.41, 5.74) is 2.14. The van der Waals surface area contributed by atoms with Crippen LogP contribution in [0.5, 0.6) is 5.75 Å². The predicted molar refractivity (Wildman–Crippen MR) is 84.8 cm³/mol. The molecule has 0 saturated carbocycles. The summed E-state index contributed by atoms with van der Waals surface area (Å²) in [6.07, 6.45) is 0.441. The number of aromatic nitrogens is 1. The molecule has 0 saturated heterocycles. The number of fused-ring (bicyclic) bond motifs is 1. The molecule has 0 aliphatic heterocycles. The molecule has 0 bridgehead atoms. The van der Waals surface area contributed by atoms with Crippen LogP contribution >= 0.6 is 0 Å². The summed E-state index contributed by atoms with van der Waals surface area (Å²) in [5, 5.41) is 11.2. The summed E-state index contributed by atoms with van der Waals surface area (Å²) in [4.78, 5) is 12.6. The molecule has 106 valence electrons. The molecular formula is C18H17NO2. The lowest BCUT2D eigenvalue weighted by Crippen LogP contribution is -2.23. The van der Waals surface area contributed by atoms with Gasteiger partial charge in [0.05, 0.1) is 11.1 Å². The van der Waals surface area contributed by atoms with Gasteiger partial charge in [-0.3, -0.25) is 4.79 Å². The summed E-state index contributed by atoms with van der Waals surface area (Å²) < 4.78 is 1.72. The number of rotatable bonds is 3. The van der Waals surface area contributed by atoms with Crippen molar-refractivity contribution in [3.8, 4) is 5.75 Å². The second-order valence-corrected chi connectivity index (χ2v) is 5.06. The minimum absolute atomic E-state index is 0.101. The van der Waals surface area contributed by atoms with Crippen LogP contribution in [0.4, 0.5) is 0 Å². The van der Waals surface area contributed by atoms with Crippen molar-refractivity contribution >= 4 is 10.9 Å². The van der Waals surface area contributed by atoms with Gasteiger partial charge in [-0.1, -0.05) is 42.5 Å². The lowest BCUT2D eigenvalue weighted by molar-refractivity contribution is 0.472. The molecule has 0 radical (unpaired) electrons. The van der Waals surface area contributed by atoms with Gasteiger partial charge in [-0.15, -0.1) is 0 Å². The maximum atomic E-state index is 12.6. The van der Waals surface area contributed by atoms with Crippen LogP contribution in [0.1, 0.15) is 18.1 Å². The van der Waals surface area contributed by atoms with Crippen molar-refractivity contribution < 1.29 is 5.11 Å². The maximum Gasteiger partial charge on any atom is 0.258 e. The molecule has 0 aliphatic carbocycles. The van der Waals surface area contributed by atoms with Crippen molar-refractivity contribution in [3.05, 3.63) is 76.1 Å². The Morgan fingerprint density at radius 2 is 1.67 bits per heavy atom. The van der Waals surface area contributed by atoms with Crippen LogP contribution in [0.3, 0.4) is 0 Å². The Labute approximate surface area is 123 Å². The van der Waals surface area contributed by atoms with E-state index < -0.39 is 0 Å². The molecule has 1 aromatic heterocycles. The van der Waals surface area contributed by atoms with E-state index in [0.717, 1.165) is 16.5 Å². The van der Waals surface area contributed by atoms with Gasteiger partial charge in [-0.05, 0) is 24.6 Å². The standard InChI is InChI=1S/C18H17NO2/c1-2-19-16-11-7-6-10-14(16)17(20)15(18(19)21)12-13-8-4-3-5-9-13/h3-11,20H,2,12H2,1H3. The van der Waals surface area contributed by atoms with Crippen LogP contribution in [0.15, 0.2) is 59.4 Å². The van der Waals surface area contributed by atoms with Gasteiger partial charge in [0.25, 0.3) is 5.56 Å². The zero-order chi connectivity index (χ0) is 14.8. The summed E-state index contributed by atoms with van der Waals surface area (Å²) in [6.45, 7) is 2.53. The first-order valence-corrected chi connectivity index (χ1v) is 7.09. The number of pyridine rings is 1. The largest absolute Gasteiger partial charge is 0.507 e. The van der Waals surface area contributed by atoms with E-state index in [-0.39, 0.29) is 11.3 Å². The molecule has 0 aliphatic rings. The molecule has 1 heterocycles.